The Kier molecular flexibility index (Phi) is 6.79. The predicted octanol–water partition coefficient (Wildman–Crippen LogP) is 4.18. The summed E-state index contributed by atoms with van der Waals surface area (Å²) in [6, 6.07) is 26.8. The van der Waals surface area contributed by atoms with Gasteiger partial charge in [0.1, 0.15) is 18.1 Å². The van der Waals surface area contributed by atoms with E-state index >= 15 is 0 Å². The number of hydrazone groups is 1. The number of nitrogens with one attached hydrogen (secondary N) is 1. The Morgan fingerprint density at radius 2 is 1.39 bits per heavy atom. The number of hydrogen-bond donors (Lipinski definition) is 1. The van der Waals surface area contributed by atoms with E-state index in [-0.39, 0.29) is 12.5 Å². The minimum atomic E-state index is -0.320. The Balaban J connectivity index is 1.43. The highest BCUT2D eigenvalue weighted by Crippen LogP contribution is 2.18. The highest BCUT2D eigenvalue weighted by molar-refractivity contribution is 5.99. The fraction of sp³-hybridized carbons (Fsp3) is 0.130. The molecule has 0 spiro atoms. The quantitative estimate of drug-likeness (QED) is 0.475. The van der Waals surface area contributed by atoms with Crippen LogP contribution < -0.4 is 14.9 Å². The number of amides is 1. The first-order valence-corrected chi connectivity index (χ1v) is 8.99. The second kappa shape index (κ2) is 9.92. The zero-order chi connectivity index (χ0) is 19.6. The summed E-state index contributed by atoms with van der Waals surface area (Å²) in [7, 11) is 0. The topological polar surface area (TPSA) is 59.9 Å². The van der Waals surface area contributed by atoms with Crippen molar-refractivity contribution in [3.05, 3.63) is 96.1 Å². The maximum absolute atomic E-state index is 11.9. The van der Waals surface area contributed by atoms with Crippen molar-refractivity contribution in [3.63, 3.8) is 0 Å². The monoisotopic (exact) mass is 374 g/mol. The summed E-state index contributed by atoms with van der Waals surface area (Å²) >= 11 is 0. The minimum absolute atomic E-state index is 0.115. The molecule has 0 saturated heterocycles. The molecule has 0 aromatic heterocycles. The van der Waals surface area contributed by atoms with E-state index in [2.05, 4.69) is 10.5 Å². The molecule has 0 saturated carbocycles. The van der Waals surface area contributed by atoms with Gasteiger partial charge in [-0.15, -0.1) is 0 Å². The molecule has 1 amide bonds. The number of carbonyl (C=O) groups is 1. The van der Waals surface area contributed by atoms with Gasteiger partial charge in [0.25, 0.3) is 5.91 Å². The fourth-order valence-electron chi connectivity index (χ4n) is 2.44. The summed E-state index contributed by atoms with van der Waals surface area (Å²) in [5.41, 5.74) is 5.29. The SMILES string of the molecule is C/C(=N/NC(=O)COc1ccc(OCc2ccccc2)cc1)c1ccccc1. The molecule has 0 radical (unpaired) electrons. The molecule has 3 aromatic carbocycles. The molecule has 0 heterocycles. The van der Waals surface area contributed by atoms with Gasteiger partial charge in [0.2, 0.25) is 0 Å². The Hall–Kier alpha value is -3.60. The van der Waals surface area contributed by atoms with Gasteiger partial charge in [-0.3, -0.25) is 4.79 Å². The number of hydrogen-bond acceptors (Lipinski definition) is 4. The molecule has 5 heteroatoms. The van der Waals surface area contributed by atoms with Gasteiger partial charge in [-0.05, 0) is 42.3 Å². The first kappa shape index (κ1) is 19.2. The van der Waals surface area contributed by atoms with Crippen LogP contribution in [0.15, 0.2) is 90.0 Å². The molecule has 28 heavy (non-hydrogen) atoms. The van der Waals surface area contributed by atoms with Crippen LogP contribution in [0.3, 0.4) is 0 Å². The molecular weight excluding hydrogens is 352 g/mol. The van der Waals surface area contributed by atoms with Gasteiger partial charge < -0.3 is 9.47 Å². The molecule has 0 aliphatic rings. The zero-order valence-electron chi connectivity index (χ0n) is 15.7. The first-order valence-electron chi connectivity index (χ1n) is 8.99. The van der Waals surface area contributed by atoms with Crippen LogP contribution in [0.2, 0.25) is 0 Å². The third-order valence-corrected chi connectivity index (χ3v) is 3.98. The third kappa shape index (κ3) is 5.99. The van der Waals surface area contributed by atoms with Crippen molar-refractivity contribution < 1.29 is 14.3 Å². The van der Waals surface area contributed by atoms with Crippen molar-refractivity contribution in [3.8, 4) is 11.5 Å². The predicted molar refractivity (Wildman–Crippen MR) is 110 cm³/mol. The highest BCUT2D eigenvalue weighted by atomic mass is 16.5. The Morgan fingerprint density at radius 1 is 0.821 bits per heavy atom. The van der Waals surface area contributed by atoms with Gasteiger partial charge in [0.15, 0.2) is 6.61 Å². The maximum atomic E-state index is 11.9. The molecule has 0 bridgehead atoms. The van der Waals surface area contributed by atoms with E-state index in [1.807, 2.05) is 79.7 Å². The van der Waals surface area contributed by atoms with Gasteiger partial charge in [-0.25, -0.2) is 5.43 Å². The van der Waals surface area contributed by atoms with E-state index in [1.54, 1.807) is 12.1 Å². The molecule has 0 fully saturated rings. The zero-order valence-corrected chi connectivity index (χ0v) is 15.7. The normalized spacial score (nSPS) is 11.0. The number of carbonyl (C=O) groups excluding carboxylic acids is 1. The lowest BCUT2D eigenvalue weighted by Gasteiger charge is -2.08. The molecule has 142 valence electrons. The van der Waals surface area contributed by atoms with Crippen LogP contribution >= 0.6 is 0 Å². The highest BCUT2D eigenvalue weighted by Gasteiger charge is 2.04. The maximum Gasteiger partial charge on any atom is 0.277 e. The number of rotatable bonds is 8. The van der Waals surface area contributed by atoms with Gasteiger partial charge in [0, 0.05) is 0 Å². The van der Waals surface area contributed by atoms with Crippen molar-refractivity contribution in [1.29, 1.82) is 0 Å². The smallest absolute Gasteiger partial charge is 0.277 e. The van der Waals surface area contributed by atoms with Crippen LogP contribution in [0.25, 0.3) is 0 Å². The summed E-state index contributed by atoms with van der Waals surface area (Å²) < 4.78 is 11.2. The molecule has 0 aliphatic heterocycles. The summed E-state index contributed by atoms with van der Waals surface area (Å²) in [5.74, 6) is 1.01. The van der Waals surface area contributed by atoms with E-state index in [0.29, 0.717) is 12.4 Å². The van der Waals surface area contributed by atoms with Crippen molar-refractivity contribution in [1.82, 2.24) is 5.43 Å². The van der Waals surface area contributed by atoms with E-state index < -0.39 is 0 Å². The molecule has 1 N–H and O–H groups in total. The van der Waals surface area contributed by atoms with Crippen LogP contribution in [-0.2, 0) is 11.4 Å². The standard InChI is InChI=1S/C23H22N2O3/c1-18(20-10-6-3-7-11-20)24-25-23(26)17-28-22-14-12-21(13-15-22)27-16-19-8-4-2-5-9-19/h2-15H,16-17H2,1H3,(H,25,26)/b24-18-. The first-order chi connectivity index (χ1) is 13.7. The van der Waals surface area contributed by atoms with E-state index in [1.165, 1.54) is 0 Å². The Morgan fingerprint density at radius 3 is 2.04 bits per heavy atom. The van der Waals surface area contributed by atoms with E-state index in [4.69, 9.17) is 9.47 Å². The summed E-state index contributed by atoms with van der Waals surface area (Å²) in [6.07, 6.45) is 0. The minimum Gasteiger partial charge on any atom is -0.489 e. The van der Waals surface area contributed by atoms with Crippen molar-refractivity contribution in [2.75, 3.05) is 6.61 Å². The van der Waals surface area contributed by atoms with Crippen molar-refractivity contribution in [2.24, 2.45) is 5.10 Å². The molecule has 5 nitrogen and oxygen atoms in total. The average Bonchev–Trinajstić information content (AvgIpc) is 2.76. The molecule has 0 unspecified atom stereocenters. The van der Waals surface area contributed by atoms with Crippen molar-refractivity contribution in [2.45, 2.75) is 13.5 Å². The molecule has 0 atom stereocenters. The number of ether oxygens (including phenoxy) is 2. The second-order valence-corrected chi connectivity index (χ2v) is 6.13. The van der Waals surface area contributed by atoms with Crippen LogP contribution in [0, 0.1) is 0 Å². The number of nitrogens with zero attached hydrogens (tertiary/aromatic N) is 1. The molecule has 3 rings (SSSR count). The van der Waals surface area contributed by atoms with E-state index in [9.17, 15) is 4.79 Å². The number of benzene rings is 3. The Labute approximate surface area is 164 Å². The fourth-order valence-corrected chi connectivity index (χ4v) is 2.44. The lowest BCUT2D eigenvalue weighted by Crippen LogP contribution is -2.25. The third-order valence-electron chi connectivity index (χ3n) is 3.98. The lowest BCUT2D eigenvalue weighted by atomic mass is 10.1. The Bertz CT molecular complexity index is 908. The van der Waals surface area contributed by atoms with Gasteiger partial charge in [-0.1, -0.05) is 60.7 Å². The lowest BCUT2D eigenvalue weighted by molar-refractivity contribution is -0.123. The molecule has 0 aliphatic carbocycles. The average molecular weight is 374 g/mol. The van der Waals surface area contributed by atoms with E-state index in [0.717, 1.165) is 22.6 Å². The summed E-state index contributed by atoms with van der Waals surface area (Å²) in [4.78, 5) is 11.9. The van der Waals surface area contributed by atoms with Gasteiger partial charge in [0.05, 0.1) is 5.71 Å². The van der Waals surface area contributed by atoms with Crippen LogP contribution in [0.4, 0.5) is 0 Å². The van der Waals surface area contributed by atoms with Gasteiger partial charge >= 0.3 is 0 Å². The molecular formula is C23H22N2O3. The molecule has 3 aromatic rings. The van der Waals surface area contributed by atoms with Gasteiger partial charge in [-0.2, -0.15) is 5.10 Å². The van der Waals surface area contributed by atoms with Crippen molar-refractivity contribution >= 4 is 11.6 Å². The summed E-state index contributed by atoms with van der Waals surface area (Å²) in [6.45, 7) is 2.22. The van der Waals surface area contributed by atoms with Crippen LogP contribution in [0.1, 0.15) is 18.1 Å². The second-order valence-electron chi connectivity index (χ2n) is 6.13. The van der Waals surface area contributed by atoms with Crippen LogP contribution in [-0.4, -0.2) is 18.2 Å². The largest absolute Gasteiger partial charge is 0.489 e. The van der Waals surface area contributed by atoms with Crippen LogP contribution in [0.5, 0.6) is 11.5 Å². The summed E-state index contributed by atoms with van der Waals surface area (Å²) in [5, 5.41) is 4.09.